The number of aromatic nitrogens is 2. The Morgan fingerprint density at radius 2 is 1.85 bits per heavy atom. The summed E-state index contributed by atoms with van der Waals surface area (Å²) in [6.07, 6.45) is -5.34. The zero-order valence-electron chi connectivity index (χ0n) is 20.7. The van der Waals surface area contributed by atoms with Crippen LogP contribution in [0.25, 0.3) is 21.5 Å². The van der Waals surface area contributed by atoms with Gasteiger partial charge < -0.3 is 26.6 Å². The van der Waals surface area contributed by atoms with Crippen LogP contribution in [-0.4, -0.2) is 46.2 Å². The molecular formula is C26H21F4N5O4S. The van der Waals surface area contributed by atoms with Crippen LogP contribution in [0, 0.1) is 5.82 Å². The van der Waals surface area contributed by atoms with Gasteiger partial charge in [-0.2, -0.15) is 13.2 Å². The van der Waals surface area contributed by atoms with E-state index in [4.69, 9.17) is 16.2 Å². The van der Waals surface area contributed by atoms with Crippen LogP contribution in [0.3, 0.4) is 0 Å². The van der Waals surface area contributed by atoms with Crippen molar-refractivity contribution in [2.45, 2.75) is 24.1 Å². The SMILES string of the molecule is C[C@]1(C(N)=O)COc2c1cc(C(O)(CNC(=O)c1ccc3sc(N)nc3c1)C(F)(F)F)nc2-c1ccc(F)cc1. The zero-order chi connectivity index (χ0) is 29.0. The monoisotopic (exact) mass is 575 g/mol. The number of nitrogens with two attached hydrogens (primary N) is 2. The number of ether oxygens (including phenoxy) is 1. The number of carbonyl (C=O) groups is 2. The molecule has 0 saturated carbocycles. The summed E-state index contributed by atoms with van der Waals surface area (Å²) >= 11 is 1.18. The highest BCUT2D eigenvalue weighted by Crippen LogP contribution is 2.47. The molecular weight excluding hydrogens is 554 g/mol. The number of pyridine rings is 1. The molecule has 1 unspecified atom stereocenters. The van der Waals surface area contributed by atoms with Crippen molar-refractivity contribution in [1.82, 2.24) is 15.3 Å². The second-order valence-electron chi connectivity index (χ2n) is 9.50. The van der Waals surface area contributed by atoms with Gasteiger partial charge in [0.05, 0.1) is 22.5 Å². The molecule has 0 saturated heterocycles. The van der Waals surface area contributed by atoms with Gasteiger partial charge in [-0.25, -0.2) is 14.4 Å². The number of nitrogens with zero attached hydrogens (tertiary/aromatic N) is 2. The number of benzene rings is 2. The molecule has 0 fully saturated rings. The summed E-state index contributed by atoms with van der Waals surface area (Å²) in [6.45, 7) is -0.230. The van der Waals surface area contributed by atoms with Gasteiger partial charge in [-0.1, -0.05) is 11.3 Å². The van der Waals surface area contributed by atoms with Crippen molar-refractivity contribution >= 4 is 38.5 Å². The van der Waals surface area contributed by atoms with Gasteiger partial charge in [0.2, 0.25) is 11.5 Å². The highest BCUT2D eigenvalue weighted by atomic mass is 32.1. The first-order valence-corrected chi connectivity index (χ1v) is 12.5. The first kappa shape index (κ1) is 27.3. The molecule has 0 spiro atoms. The fourth-order valence-electron chi connectivity index (χ4n) is 4.34. The number of hydrogen-bond acceptors (Lipinski definition) is 8. The quantitative estimate of drug-likeness (QED) is 0.257. The zero-order valence-corrected chi connectivity index (χ0v) is 21.5. The number of nitrogen functional groups attached to an aromatic ring is 1. The predicted molar refractivity (Wildman–Crippen MR) is 138 cm³/mol. The Labute approximate surface area is 227 Å². The van der Waals surface area contributed by atoms with Gasteiger partial charge in [0.25, 0.3) is 5.91 Å². The van der Waals surface area contributed by atoms with Crippen molar-refractivity contribution in [2.24, 2.45) is 5.73 Å². The van der Waals surface area contributed by atoms with E-state index in [0.717, 1.165) is 18.2 Å². The van der Waals surface area contributed by atoms with Gasteiger partial charge in [0.15, 0.2) is 5.13 Å². The second-order valence-corrected chi connectivity index (χ2v) is 10.6. The van der Waals surface area contributed by atoms with Gasteiger partial charge in [0, 0.05) is 16.7 Å². The summed E-state index contributed by atoms with van der Waals surface area (Å²) in [4.78, 5) is 33.3. The minimum atomic E-state index is -5.34. The Kier molecular flexibility index (Phi) is 6.42. The van der Waals surface area contributed by atoms with Crippen LogP contribution in [0.5, 0.6) is 5.75 Å². The number of amides is 2. The number of hydrogen-bond donors (Lipinski definition) is 4. The summed E-state index contributed by atoms with van der Waals surface area (Å²) in [7, 11) is 0. The molecule has 6 N–H and O–H groups in total. The number of nitrogens with one attached hydrogen (secondary N) is 1. The van der Waals surface area contributed by atoms with Gasteiger partial charge in [-0.3, -0.25) is 9.59 Å². The molecule has 2 aromatic heterocycles. The topological polar surface area (TPSA) is 153 Å². The molecule has 0 aliphatic carbocycles. The Morgan fingerprint density at radius 3 is 2.50 bits per heavy atom. The largest absolute Gasteiger partial charge is 0.489 e. The van der Waals surface area contributed by atoms with E-state index in [1.807, 2.05) is 0 Å². The van der Waals surface area contributed by atoms with E-state index in [9.17, 15) is 32.3 Å². The third kappa shape index (κ3) is 4.48. The summed E-state index contributed by atoms with van der Waals surface area (Å²) in [5.74, 6) is -2.43. The molecule has 1 aliphatic heterocycles. The standard InChI is InChI=1S/C26H21F4N5O4S/c1-24(22(31)37)11-39-20-15(24)9-18(35-19(20)12-2-5-14(27)6-3-12)25(38,26(28,29)30)10-33-21(36)13-4-7-17-16(8-13)34-23(32)40-17/h2-9,38H,10-11H2,1H3,(H2,31,37)(H2,32,34)(H,33,36)/t24-,25?/m0/s1. The molecule has 2 atom stereocenters. The summed E-state index contributed by atoms with van der Waals surface area (Å²) in [5, 5.41) is 13.5. The van der Waals surface area contributed by atoms with E-state index in [2.05, 4.69) is 15.3 Å². The first-order valence-electron chi connectivity index (χ1n) is 11.7. The fraction of sp³-hybridized carbons (Fsp3) is 0.231. The Balaban J connectivity index is 1.58. The summed E-state index contributed by atoms with van der Waals surface area (Å²) in [6, 6.07) is 9.86. The van der Waals surface area contributed by atoms with E-state index in [1.165, 1.54) is 42.5 Å². The van der Waals surface area contributed by atoms with Crippen molar-refractivity contribution in [3.05, 3.63) is 71.2 Å². The Morgan fingerprint density at radius 1 is 1.15 bits per heavy atom. The van der Waals surface area contributed by atoms with E-state index >= 15 is 0 Å². The van der Waals surface area contributed by atoms with Crippen LogP contribution in [0.1, 0.15) is 28.5 Å². The number of anilines is 1. The minimum absolute atomic E-state index is 0.00839. The third-order valence-corrected chi connectivity index (χ3v) is 7.66. The molecule has 9 nitrogen and oxygen atoms in total. The molecule has 2 aromatic carbocycles. The van der Waals surface area contributed by atoms with Crippen LogP contribution in [0.2, 0.25) is 0 Å². The maximum atomic E-state index is 14.5. The van der Waals surface area contributed by atoms with E-state index in [0.29, 0.717) is 10.2 Å². The number of thiazole rings is 1. The third-order valence-electron chi connectivity index (χ3n) is 6.80. The Hall–Kier alpha value is -4.30. The number of fused-ring (bicyclic) bond motifs is 2. The number of rotatable bonds is 6. The molecule has 4 aromatic rings. The van der Waals surface area contributed by atoms with Crippen molar-refractivity contribution in [3.8, 4) is 17.0 Å². The fourth-order valence-corrected chi connectivity index (χ4v) is 5.05. The van der Waals surface area contributed by atoms with Crippen LogP contribution in [0.15, 0.2) is 48.5 Å². The van der Waals surface area contributed by atoms with E-state index in [1.54, 1.807) is 6.07 Å². The lowest BCUT2D eigenvalue weighted by atomic mass is 9.81. The molecule has 2 amide bonds. The molecule has 0 radical (unpaired) electrons. The predicted octanol–water partition coefficient (Wildman–Crippen LogP) is 3.39. The van der Waals surface area contributed by atoms with Crippen molar-refractivity contribution in [3.63, 3.8) is 0 Å². The lowest BCUT2D eigenvalue weighted by molar-refractivity contribution is -0.265. The van der Waals surface area contributed by atoms with Crippen LogP contribution >= 0.6 is 11.3 Å². The Bertz CT molecular complexity index is 1660. The lowest BCUT2D eigenvalue weighted by Crippen LogP contribution is -2.51. The van der Waals surface area contributed by atoms with Crippen LogP contribution in [-0.2, 0) is 15.8 Å². The van der Waals surface area contributed by atoms with Crippen LogP contribution < -0.4 is 21.5 Å². The summed E-state index contributed by atoms with van der Waals surface area (Å²) < 4.78 is 63.4. The van der Waals surface area contributed by atoms with E-state index in [-0.39, 0.29) is 39.9 Å². The molecule has 1 aliphatic rings. The first-order chi connectivity index (χ1) is 18.7. The maximum absolute atomic E-state index is 14.5. The van der Waals surface area contributed by atoms with Crippen LogP contribution in [0.4, 0.5) is 22.7 Å². The molecule has 0 bridgehead atoms. The number of aliphatic hydroxyl groups is 1. The molecule has 208 valence electrons. The molecule has 40 heavy (non-hydrogen) atoms. The van der Waals surface area contributed by atoms with Crippen molar-refractivity contribution in [1.29, 1.82) is 0 Å². The normalized spacial score (nSPS) is 18.1. The highest BCUT2D eigenvalue weighted by Gasteiger charge is 2.57. The highest BCUT2D eigenvalue weighted by molar-refractivity contribution is 7.22. The van der Waals surface area contributed by atoms with Gasteiger partial charge in [-0.15, -0.1) is 0 Å². The second kappa shape index (κ2) is 9.41. The minimum Gasteiger partial charge on any atom is -0.489 e. The van der Waals surface area contributed by atoms with Crippen molar-refractivity contribution < 1.29 is 37.0 Å². The molecule has 3 heterocycles. The average Bonchev–Trinajstić information content (AvgIpc) is 3.45. The van der Waals surface area contributed by atoms with Crippen molar-refractivity contribution in [2.75, 3.05) is 18.9 Å². The maximum Gasteiger partial charge on any atom is 0.424 e. The smallest absolute Gasteiger partial charge is 0.424 e. The van der Waals surface area contributed by atoms with Gasteiger partial charge >= 0.3 is 6.18 Å². The van der Waals surface area contributed by atoms with E-state index < -0.39 is 47.1 Å². The number of primary amides is 1. The number of carbonyl (C=O) groups excluding carboxylic acids is 2. The molecule has 14 heteroatoms. The number of halogens is 4. The molecule has 5 rings (SSSR count). The van der Waals surface area contributed by atoms with Gasteiger partial charge in [-0.05, 0) is 55.5 Å². The number of alkyl halides is 3. The average molecular weight is 576 g/mol. The summed E-state index contributed by atoms with van der Waals surface area (Å²) in [5.41, 5.74) is 5.39. The van der Waals surface area contributed by atoms with Gasteiger partial charge in [0.1, 0.15) is 29.3 Å². The lowest BCUT2D eigenvalue weighted by Gasteiger charge is -2.31.